The highest BCUT2D eigenvalue weighted by atomic mass is 32.3. The van der Waals surface area contributed by atoms with E-state index in [0.29, 0.717) is 0 Å². The predicted molar refractivity (Wildman–Crippen MR) is 143 cm³/mol. The number of hydrogen-bond acceptors (Lipinski definition) is 8. The molecule has 2 fully saturated rings. The second-order valence-electron chi connectivity index (χ2n) is 11.4. The standard InChI is InChI=1S/2C13H28NO2.H2O4S/c2*1-14(2,11-10-13(15-3)16-4)12-8-6-5-7-9-12;1-5(2,3)4/h2*12-13H,5-11H2,1-4H3;(H2,1,2,3,4)/q2*+1;/p-2. The van der Waals surface area contributed by atoms with Gasteiger partial charge in [-0.15, -0.1) is 0 Å². The van der Waals surface area contributed by atoms with E-state index in [1.165, 1.54) is 64.2 Å². The number of methoxy groups -OCH3 is 4. The minimum absolute atomic E-state index is 0.0407. The Morgan fingerprint density at radius 3 is 1.08 bits per heavy atom. The maximum absolute atomic E-state index is 8.52. The van der Waals surface area contributed by atoms with E-state index < -0.39 is 10.4 Å². The van der Waals surface area contributed by atoms with Crippen molar-refractivity contribution < 1.29 is 45.4 Å². The van der Waals surface area contributed by atoms with Crippen LogP contribution < -0.4 is 0 Å². The summed E-state index contributed by atoms with van der Waals surface area (Å²) in [6, 6.07) is 1.67. The van der Waals surface area contributed by atoms with Gasteiger partial charge in [0.05, 0.1) is 53.4 Å². The first-order valence-electron chi connectivity index (χ1n) is 13.6. The molecular formula is C26H56N2O8S. The highest BCUT2D eigenvalue weighted by Gasteiger charge is 2.31. The molecule has 0 spiro atoms. The summed E-state index contributed by atoms with van der Waals surface area (Å²) >= 11 is 0. The van der Waals surface area contributed by atoms with Gasteiger partial charge in [-0.2, -0.15) is 0 Å². The first-order valence-corrected chi connectivity index (χ1v) is 15.0. The van der Waals surface area contributed by atoms with E-state index in [-0.39, 0.29) is 12.6 Å². The zero-order chi connectivity index (χ0) is 28.5. The zero-order valence-corrected chi connectivity index (χ0v) is 25.6. The number of rotatable bonds is 12. The van der Waals surface area contributed by atoms with Gasteiger partial charge in [0.1, 0.15) is 0 Å². The molecule has 2 rings (SSSR count). The Kier molecular flexibility index (Phi) is 18.6. The molecule has 0 aromatic rings. The summed E-state index contributed by atoms with van der Waals surface area (Å²) in [5, 5.41) is 0. The normalized spacial score (nSPS) is 18.3. The van der Waals surface area contributed by atoms with Crippen LogP contribution in [0.2, 0.25) is 0 Å². The Morgan fingerprint density at radius 2 is 0.865 bits per heavy atom. The van der Waals surface area contributed by atoms with Crippen LogP contribution in [0.25, 0.3) is 0 Å². The Balaban J connectivity index is 0.000000594. The van der Waals surface area contributed by atoms with Gasteiger partial charge in [-0.1, -0.05) is 12.8 Å². The van der Waals surface area contributed by atoms with Crippen molar-refractivity contribution >= 4 is 10.4 Å². The molecule has 0 aliphatic heterocycles. The van der Waals surface area contributed by atoms with Crippen molar-refractivity contribution in [2.45, 2.75) is 102 Å². The van der Waals surface area contributed by atoms with Crippen LogP contribution in [0.5, 0.6) is 0 Å². The molecule has 0 aromatic carbocycles. The summed E-state index contributed by atoms with van der Waals surface area (Å²) in [5.41, 5.74) is 0. The SMILES string of the molecule is COC(CC[N+](C)(C)C1CCCCC1)OC.COC(CC[N+](C)(C)C1CCCCC1)OC.O=S(=O)([O-])[O-]. The number of hydrogen-bond donors (Lipinski definition) is 0. The second kappa shape index (κ2) is 18.8. The molecule has 0 amide bonds. The molecule has 0 N–H and O–H groups in total. The van der Waals surface area contributed by atoms with E-state index in [1.54, 1.807) is 28.4 Å². The zero-order valence-electron chi connectivity index (χ0n) is 24.8. The Labute approximate surface area is 227 Å². The van der Waals surface area contributed by atoms with Gasteiger partial charge >= 0.3 is 0 Å². The smallest absolute Gasteiger partial charge is 0.162 e. The van der Waals surface area contributed by atoms with Crippen molar-refractivity contribution in [1.82, 2.24) is 0 Å². The Bertz CT molecular complexity index is 605. The topological polar surface area (TPSA) is 117 Å². The largest absolute Gasteiger partial charge is 0.759 e. The molecule has 0 heterocycles. The fourth-order valence-corrected chi connectivity index (χ4v) is 5.47. The van der Waals surface area contributed by atoms with Gasteiger partial charge in [0.2, 0.25) is 0 Å². The molecule has 10 nitrogen and oxygen atoms in total. The van der Waals surface area contributed by atoms with Crippen LogP contribution in [0.1, 0.15) is 77.0 Å². The fourth-order valence-electron chi connectivity index (χ4n) is 5.47. The molecule has 0 unspecified atom stereocenters. The van der Waals surface area contributed by atoms with Crippen LogP contribution in [0.4, 0.5) is 0 Å². The van der Waals surface area contributed by atoms with Crippen molar-refractivity contribution in [1.29, 1.82) is 0 Å². The maximum atomic E-state index is 8.52. The van der Waals surface area contributed by atoms with E-state index in [0.717, 1.165) is 47.0 Å². The summed E-state index contributed by atoms with van der Waals surface area (Å²) in [6.07, 6.45) is 15.9. The van der Waals surface area contributed by atoms with E-state index >= 15 is 0 Å². The monoisotopic (exact) mass is 556 g/mol. The minimum Gasteiger partial charge on any atom is -0.759 e. The summed E-state index contributed by atoms with van der Waals surface area (Å²) in [5.74, 6) is 0. The van der Waals surface area contributed by atoms with Gasteiger partial charge in [0.25, 0.3) is 0 Å². The van der Waals surface area contributed by atoms with E-state index in [2.05, 4.69) is 28.2 Å². The summed E-state index contributed by atoms with van der Waals surface area (Å²) in [6.45, 7) is 2.27. The molecule has 0 aromatic heterocycles. The molecule has 0 bridgehead atoms. The molecule has 37 heavy (non-hydrogen) atoms. The van der Waals surface area contributed by atoms with Crippen LogP contribution in [0.3, 0.4) is 0 Å². The molecule has 2 aliphatic rings. The van der Waals surface area contributed by atoms with Gasteiger partial charge in [-0.3, -0.25) is 8.42 Å². The highest BCUT2D eigenvalue weighted by Crippen LogP contribution is 2.27. The summed E-state index contributed by atoms with van der Waals surface area (Å²) < 4.78 is 57.3. The van der Waals surface area contributed by atoms with E-state index in [1.807, 2.05) is 0 Å². The van der Waals surface area contributed by atoms with Crippen molar-refractivity contribution in [2.24, 2.45) is 0 Å². The third-order valence-corrected chi connectivity index (χ3v) is 8.06. The molecule has 2 saturated carbocycles. The molecule has 224 valence electrons. The summed E-state index contributed by atoms with van der Waals surface area (Å²) in [4.78, 5) is 0. The third kappa shape index (κ3) is 17.8. The lowest BCUT2D eigenvalue weighted by Crippen LogP contribution is -2.51. The van der Waals surface area contributed by atoms with E-state index in [4.69, 9.17) is 36.5 Å². The lowest BCUT2D eigenvalue weighted by atomic mass is 9.93. The molecule has 0 atom stereocenters. The number of nitrogens with zero attached hydrogens (tertiary/aromatic N) is 2. The highest BCUT2D eigenvalue weighted by molar-refractivity contribution is 7.79. The van der Waals surface area contributed by atoms with Crippen LogP contribution in [0, 0.1) is 0 Å². The molecule has 0 radical (unpaired) electrons. The average Bonchev–Trinajstić information content (AvgIpc) is 2.86. The third-order valence-electron chi connectivity index (χ3n) is 8.06. The van der Waals surface area contributed by atoms with Gasteiger partial charge in [0, 0.05) is 51.7 Å². The van der Waals surface area contributed by atoms with Crippen molar-refractivity contribution in [3.05, 3.63) is 0 Å². The first-order chi connectivity index (χ1) is 17.2. The molecule has 11 heteroatoms. The number of ether oxygens (including phenoxy) is 4. The molecular weight excluding hydrogens is 500 g/mol. The van der Waals surface area contributed by atoms with Crippen molar-refractivity contribution in [3.8, 4) is 0 Å². The van der Waals surface area contributed by atoms with Crippen LogP contribution >= 0.6 is 0 Å². The number of quaternary nitrogens is 2. The maximum Gasteiger partial charge on any atom is 0.162 e. The van der Waals surface area contributed by atoms with Gasteiger partial charge in [0.15, 0.2) is 12.6 Å². The second-order valence-corrected chi connectivity index (χ2v) is 12.2. The summed E-state index contributed by atoms with van der Waals surface area (Å²) in [7, 11) is 11.1. The van der Waals surface area contributed by atoms with Crippen LogP contribution in [-0.2, 0) is 29.3 Å². The quantitative estimate of drug-likeness (QED) is 0.155. The lowest BCUT2D eigenvalue weighted by molar-refractivity contribution is -0.917. The lowest BCUT2D eigenvalue weighted by Gasteiger charge is -2.40. The minimum atomic E-state index is -5.17. The Hall–Kier alpha value is -0.370. The molecule has 0 saturated heterocycles. The van der Waals surface area contributed by atoms with Gasteiger partial charge in [-0.05, 0) is 51.4 Å². The van der Waals surface area contributed by atoms with Gasteiger partial charge in [-0.25, -0.2) is 0 Å². The Morgan fingerprint density at radius 1 is 0.622 bits per heavy atom. The van der Waals surface area contributed by atoms with Crippen LogP contribution in [0.15, 0.2) is 0 Å². The van der Waals surface area contributed by atoms with Crippen molar-refractivity contribution in [3.63, 3.8) is 0 Å². The average molecular weight is 557 g/mol. The van der Waals surface area contributed by atoms with E-state index in [9.17, 15) is 0 Å². The van der Waals surface area contributed by atoms with Crippen LogP contribution in [-0.4, -0.2) is 121 Å². The van der Waals surface area contributed by atoms with Gasteiger partial charge < -0.3 is 37.0 Å². The fraction of sp³-hybridized carbons (Fsp3) is 1.00. The first kappa shape index (κ1) is 36.6. The predicted octanol–water partition coefficient (Wildman–Crippen LogP) is 3.47. The molecule has 2 aliphatic carbocycles. The van der Waals surface area contributed by atoms with Crippen molar-refractivity contribution in [2.75, 3.05) is 69.7 Å².